The maximum atomic E-state index is 10.7. The van der Waals surface area contributed by atoms with Crippen LogP contribution in [0.15, 0.2) is 12.3 Å². The first kappa shape index (κ1) is 13.5. The molecule has 6 heteroatoms. The normalized spacial score (nSPS) is 10.9. The Hall–Kier alpha value is -0.580. The molecule has 1 rings (SSSR count). The van der Waals surface area contributed by atoms with E-state index in [0.29, 0.717) is 5.15 Å². The van der Waals surface area contributed by atoms with E-state index in [1.807, 2.05) is 12.2 Å². The van der Waals surface area contributed by atoms with Crippen LogP contribution in [0, 0.1) is 0 Å². The average molecular weight is 277 g/mol. The lowest BCUT2D eigenvalue weighted by Crippen LogP contribution is -1.86. The van der Waals surface area contributed by atoms with E-state index in [0.717, 1.165) is 17.7 Å². The Morgan fingerprint density at radius 3 is 2.94 bits per heavy atom. The van der Waals surface area contributed by atoms with Crippen LogP contribution >= 0.6 is 35.0 Å². The third kappa shape index (κ3) is 4.96. The summed E-state index contributed by atoms with van der Waals surface area (Å²) in [6.07, 6.45) is 6.10. The van der Waals surface area contributed by atoms with Gasteiger partial charge in [-0.25, -0.2) is 9.97 Å². The van der Waals surface area contributed by atoms with Crippen molar-refractivity contribution < 1.29 is 4.79 Å². The lowest BCUT2D eigenvalue weighted by atomic mass is 10.3. The van der Waals surface area contributed by atoms with Crippen molar-refractivity contribution in [3.05, 3.63) is 28.3 Å². The molecule has 0 aliphatic heterocycles. The van der Waals surface area contributed by atoms with Gasteiger partial charge in [0.25, 0.3) is 0 Å². The predicted molar refractivity (Wildman–Crippen MR) is 68.8 cm³/mol. The first-order valence-corrected chi connectivity index (χ1v) is 6.31. The topological polar surface area (TPSA) is 42.9 Å². The molecule has 0 fully saturated rings. The van der Waals surface area contributed by atoms with Crippen LogP contribution in [-0.4, -0.2) is 20.8 Å². The van der Waals surface area contributed by atoms with E-state index in [1.54, 1.807) is 13.1 Å². The Bertz CT molecular complexity index is 410. The summed E-state index contributed by atoms with van der Waals surface area (Å²) >= 11 is 12.7. The highest BCUT2D eigenvalue weighted by molar-refractivity contribution is 8.13. The summed E-state index contributed by atoms with van der Waals surface area (Å²) in [6, 6.07) is 0. The fourth-order valence-electron chi connectivity index (χ4n) is 0.943. The van der Waals surface area contributed by atoms with Gasteiger partial charge in [0.2, 0.25) is 5.28 Å². The summed E-state index contributed by atoms with van der Waals surface area (Å²) in [7, 11) is 0. The number of nitrogens with zero attached hydrogens (tertiary/aromatic N) is 2. The number of aromatic nitrogens is 2. The van der Waals surface area contributed by atoms with Crippen molar-refractivity contribution in [1.29, 1.82) is 0 Å². The van der Waals surface area contributed by atoms with Crippen LogP contribution in [0.5, 0.6) is 0 Å². The first-order valence-electron chi connectivity index (χ1n) is 4.57. The minimum atomic E-state index is 0.126. The fourth-order valence-corrected chi connectivity index (χ4v) is 1.85. The molecular weight excluding hydrogens is 267 g/mol. The molecule has 0 spiro atoms. The van der Waals surface area contributed by atoms with Gasteiger partial charge in [0, 0.05) is 24.4 Å². The summed E-state index contributed by atoms with van der Waals surface area (Å²) in [5.41, 5.74) is 0.721. The number of hydrogen-bond acceptors (Lipinski definition) is 4. The van der Waals surface area contributed by atoms with Gasteiger partial charge in [0.05, 0.1) is 0 Å². The van der Waals surface area contributed by atoms with Crippen LogP contribution in [0.2, 0.25) is 10.4 Å². The van der Waals surface area contributed by atoms with Crippen molar-refractivity contribution in [1.82, 2.24) is 9.97 Å². The molecule has 0 bridgehead atoms. The van der Waals surface area contributed by atoms with E-state index >= 15 is 0 Å². The molecule has 1 aromatic rings. The minimum absolute atomic E-state index is 0.126. The van der Waals surface area contributed by atoms with Gasteiger partial charge in [0.1, 0.15) is 5.15 Å². The maximum absolute atomic E-state index is 10.7. The molecule has 0 atom stereocenters. The second-order valence-corrected chi connectivity index (χ2v) is 4.88. The maximum Gasteiger partial charge on any atom is 0.223 e. The zero-order valence-corrected chi connectivity index (χ0v) is 10.9. The lowest BCUT2D eigenvalue weighted by molar-refractivity contribution is -0.109. The van der Waals surface area contributed by atoms with Crippen LogP contribution in [0.4, 0.5) is 0 Å². The van der Waals surface area contributed by atoms with Crippen LogP contribution in [0.3, 0.4) is 0 Å². The van der Waals surface area contributed by atoms with Gasteiger partial charge in [0.15, 0.2) is 5.12 Å². The Labute approximate surface area is 108 Å². The van der Waals surface area contributed by atoms with E-state index in [-0.39, 0.29) is 10.4 Å². The molecule has 1 aromatic heterocycles. The Balaban J connectivity index is 2.47. The highest BCUT2D eigenvalue weighted by Crippen LogP contribution is 2.16. The molecule has 0 saturated carbocycles. The molecule has 0 saturated heterocycles. The van der Waals surface area contributed by atoms with Crippen LogP contribution < -0.4 is 0 Å². The molecule has 0 aliphatic rings. The smallest absolute Gasteiger partial charge is 0.223 e. The zero-order valence-electron chi connectivity index (χ0n) is 8.61. The molecule has 0 aliphatic carbocycles. The SMILES string of the molecule is CC(=O)SCCC=Cc1cnc(Cl)nc1Cl. The molecule has 0 N–H and O–H groups in total. The molecule has 0 unspecified atom stereocenters. The van der Waals surface area contributed by atoms with Crippen molar-refractivity contribution in [2.75, 3.05) is 5.75 Å². The van der Waals surface area contributed by atoms with Gasteiger partial charge in [-0.15, -0.1) is 0 Å². The number of rotatable bonds is 4. The minimum Gasteiger partial charge on any atom is -0.288 e. The standard InChI is InChI=1S/C10H10Cl2N2OS/c1-7(15)16-5-3-2-4-8-6-13-10(12)14-9(8)11/h2,4,6H,3,5H2,1H3. The number of carbonyl (C=O) groups is 1. The van der Waals surface area contributed by atoms with E-state index in [9.17, 15) is 4.79 Å². The monoisotopic (exact) mass is 276 g/mol. The number of hydrogen-bond donors (Lipinski definition) is 0. The van der Waals surface area contributed by atoms with E-state index < -0.39 is 0 Å². The zero-order chi connectivity index (χ0) is 12.0. The van der Waals surface area contributed by atoms with E-state index in [4.69, 9.17) is 23.2 Å². The summed E-state index contributed by atoms with van der Waals surface area (Å²) in [6.45, 7) is 1.55. The van der Waals surface area contributed by atoms with Gasteiger partial charge in [-0.3, -0.25) is 4.79 Å². The number of allylic oxidation sites excluding steroid dienone is 1. The number of carbonyl (C=O) groups excluding carboxylic acids is 1. The second-order valence-electron chi connectivity index (χ2n) is 2.92. The Morgan fingerprint density at radius 1 is 1.56 bits per heavy atom. The highest BCUT2D eigenvalue weighted by atomic mass is 35.5. The number of halogens is 2. The van der Waals surface area contributed by atoms with Gasteiger partial charge in [-0.05, 0) is 18.0 Å². The Kier molecular flexibility index (Phi) is 5.80. The van der Waals surface area contributed by atoms with E-state index in [1.165, 1.54) is 11.8 Å². The van der Waals surface area contributed by atoms with Crippen molar-refractivity contribution in [3.63, 3.8) is 0 Å². The average Bonchev–Trinajstić information content (AvgIpc) is 2.20. The molecular formula is C10H10Cl2N2OS. The Morgan fingerprint density at radius 2 is 2.31 bits per heavy atom. The summed E-state index contributed by atoms with van der Waals surface area (Å²) in [4.78, 5) is 18.3. The summed E-state index contributed by atoms with van der Waals surface area (Å²) in [5, 5.41) is 0.589. The lowest BCUT2D eigenvalue weighted by Gasteiger charge is -1.96. The summed E-state index contributed by atoms with van der Waals surface area (Å²) < 4.78 is 0. The van der Waals surface area contributed by atoms with Crippen molar-refractivity contribution >= 4 is 46.2 Å². The highest BCUT2D eigenvalue weighted by Gasteiger charge is 1.99. The summed E-state index contributed by atoms with van der Waals surface area (Å²) in [5.74, 6) is 0.762. The van der Waals surface area contributed by atoms with E-state index in [2.05, 4.69) is 9.97 Å². The van der Waals surface area contributed by atoms with Gasteiger partial charge >= 0.3 is 0 Å². The van der Waals surface area contributed by atoms with Crippen LogP contribution in [-0.2, 0) is 4.79 Å². The first-order chi connectivity index (χ1) is 7.59. The third-order valence-corrected chi connectivity index (χ3v) is 2.96. The van der Waals surface area contributed by atoms with Crippen molar-refractivity contribution in [3.8, 4) is 0 Å². The molecule has 0 amide bonds. The molecule has 0 aromatic carbocycles. The van der Waals surface area contributed by atoms with Crippen LogP contribution in [0.25, 0.3) is 6.08 Å². The van der Waals surface area contributed by atoms with Gasteiger partial charge < -0.3 is 0 Å². The quantitative estimate of drug-likeness (QED) is 0.480. The molecule has 1 heterocycles. The third-order valence-electron chi connectivity index (χ3n) is 1.63. The fraction of sp³-hybridized carbons (Fsp3) is 0.300. The molecule has 86 valence electrons. The molecule has 0 radical (unpaired) electrons. The van der Waals surface area contributed by atoms with Gasteiger partial charge in [-0.1, -0.05) is 35.5 Å². The molecule has 3 nitrogen and oxygen atoms in total. The largest absolute Gasteiger partial charge is 0.288 e. The molecule has 16 heavy (non-hydrogen) atoms. The van der Waals surface area contributed by atoms with Crippen LogP contribution in [0.1, 0.15) is 18.9 Å². The second kappa shape index (κ2) is 6.89. The van der Waals surface area contributed by atoms with Crippen molar-refractivity contribution in [2.45, 2.75) is 13.3 Å². The van der Waals surface area contributed by atoms with Crippen molar-refractivity contribution in [2.24, 2.45) is 0 Å². The number of thioether (sulfide) groups is 1. The predicted octanol–water partition coefficient (Wildman–Crippen LogP) is 3.47. The van der Waals surface area contributed by atoms with Gasteiger partial charge in [-0.2, -0.15) is 0 Å².